The van der Waals surface area contributed by atoms with Crippen LogP contribution in [0.1, 0.15) is 335 Å². The van der Waals surface area contributed by atoms with Crippen molar-refractivity contribution < 1.29 is 0 Å². The zero-order chi connectivity index (χ0) is 96.1. The van der Waals surface area contributed by atoms with Gasteiger partial charge in [0.1, 0.15) is 0 Å². The van der Waals surface area contributed by atoms with Gasteiger partial charge >= 0.3 is 0 Å². The van der Waals surface area contributed by atoms with Crippen molar-refractivity contribution in [3.8, 4) is 0 Å². The van der Waals surface area contributed by atoms with E-state index in [1.54, 1.807) is 126 Å². The molecule has 12 heteroatoms. The molecule has 10 rings (SSSR count). The van der Waals surface area contributed by atoms with Crippen molar-refractivity contribution in [2.24, 2.45) is 75.8 Å². The summed E-state index contributed by atoms with van der Waals surface area (Å²) in [6, 6.07) is 31.2. The average molecular weight is 1900 g/mol. The van der Waals surface area contributed by atoms with Gasteiger partial charge in [-0.15, -0.1) is 0 Å². The van der Waals surface area contributed by atoms with E-state index >= 15 is 0 Å². The third kappa shape index (κ3) is 43.3. The fourth-order valence-corrected chi connectivity index (χ4v) is 89.7. The van der Waals surface area contributed by atoms with Crippen molar-refractivity contribution in [2.45, 2.75) is 624 Å². The molecule has 0 aromatic rings. The van der Waals surface area contributed by atoms with Gasteiger partial charge in [0, 0.05) is 96.9 Å². The topological polar surface area (TPSA) is 0 Å². The number of hydrogen-bond donors (Lipinski definition) is 0. The van der Waals surface area contributed by atoms with Crippen LogP contribution in [0.3, 0.4) is 0 Å². The summed E-state index contributed by atoms with van der Waals surface area (Å²) in [6.07, 6.45) is 32.1. The molecule has 3 atom stereocenters. The third-order valence-electron chi connectivity index (χ3n) is 38.1. The van der Waals surface area contributed by atoms with E-state index in [0.717, 1.165) is 0 Å². The van der Waals surface area contributed by atoms with Crippen molar-refractivity contribution >= 4 is 96.9 Å². The lowest BCUT2D eigenvalue weighted by atomic mass is 9.61. The van der Waals surface area contributed by atoms with E-state index in [4.69, 9.17) is 0 Å². The Hall–Kier alpha value is 2.60. The molecular weight excluding hydrogens is 1660 g/mol. The van der Waals surface area contributed by atoms with E-state index in [2.05, 4.69) is 351 Å². The molecule has 10 aliphatic heterocycles. The predicted molar refractivity (Wildman–Crippen MR) is 610 cm³/mol. The van der Waals surface area contributed by atoms with E-state index in [9.17, 15) is 0 Å². The minimum atomic E-state index is -0.857. The van der Waals surface area contributed by atoms with Crippen LogP contribution in [0.5, 0.6) is 0 Å². The molecule has 122 heavy (non-hydrogen) atoms. The summed E-state index contributed by atoms with van der Waals surface area (Å²) >= 11 is 0. The fourth-order valence-electron chi connectivity index (χ4n) is 28.3. The quantitative estimate of drug-likeness (QED) is 0.233. The van der Waals surface area contributed by atoms with E-state index in [-0.39, 0.29) is 0 Å². The normalized spacial score (nSPS) is 30.6. The zero-order valence-electron chi connectivity index (χ0n) is 96.1. The first kappa shape index (κ1) is 123. The Bertz CT molecular complexity index is 2860. The van der Waals surface area contributed by atoms with E-state index in [0.29, 0.717) is 75.8 Å². The molecule has 0 bridgehead atoms. The molecule has 0 spiro atoms. The van der Waals surface area contributed by atoms with Crippen LogP contribution in [0.15, 0.2) is 0 Å². The number of rotatable bonds is 6. The van der Waals surface area contributed by atoms with Crippen LogP contribution in [0, 0.1) is 75.8 Å². The highest BCUT2D eigenvalue weighted by atomic mass is 28.4. The standard InChI is InChI=1S/2C13H28Si.2C12H26Si.2C11H26Si2.2C10H22Si.2C9H20Si/c1-7-13(12(2,3)4)8-10-14(5,6)11-9-13;1-7-13(12(2,3)4)9-8-10-14(5,6)11-13;1-11(2,3)12(4)7-9-13(5,6)10-8-12;1-11(2,3)12(4)8-7-9-13(5,6)10-12;2*1-7-11(2)8-12(3,4)10-13(5,6)9-11;1-5-10(2)6-8-11(3,4)9-7-10;1-5-10(2)7-6-8-11(3,4)9-10;1-9(2)5-7-10(3,4)8-6-9;1-9(2)6-5-7-10(3,4)8-9/h2*7-11H2,1-6H3;4*7-10H2,1-6H3;2*5-9H2,1-4H3;2*5-8H2,1-4H3. The van der Waals surface area contributed by atoms with Gasteiger partial charge in [0.05, 0.1) is 0 Å². The Labute approximate surface area is 790 Å². The summed E-state index contributed by atoms with van der Waals surface area (Å²) in [5, 5.41) is 0. The molecule has 10 heterocycles. The Kier molecular flexibility index (Phi) is 45.5. The van der Waals surface area contributed by atoms with Gasteiger partial charge in [0.2, 0.25) is 0 Å². The van der Waals surface area contributed by atoms with E-state index in [1.807, 2.05) is 0 Å². The summed E-state index contributed by atoms with van der Waals surface area (Å²) in [5.74, 6) is 0. The van der Waals surface area contributed by atoms with Crippen LogP contribution in [0.2, 0.25) is 289 Å². The van der Waals surface area contributed by atoms with Gasteiger partial charge in [0.25, 0.3) is 0 Å². The van der Waals surface area contributed by atoms with Gasteiger partial charge in [-0.3, -0.25) is 0 Å². The molecule has 0 aromatic carbocycles. The van der Waals surface area contributed by atoms with Crippen LogP contribution < -0.4 is 0 Å². The van der Waals surface area contributed by atoms with Gasteiger partial charge in [0.15, 0.2) is 0 Å². The van der Waals surface area contributed by atoms with Crippen LogP contribution >= 0.6 is 0 Å². The van der Waals surface area contributed by atoms with Gasteiger partial charge in [-0.1, -0.05) is 567 Å². The molecule has 0 amide bonds. The molecule has 0 radical (unpaired) electrons. The molecule has 0 saturated carbocycles. The molecule has 0 aliphatic carbocycles. The molecule has 3 unspecified atom stereocenters. The molecule has 0 N–H and O–H groups in total. The minimum absolute atomic E-state index is 0.498. The second kappa shape index (κ2) is 45.3. The Morgan fingerprint density at radius 1 is 0.180 bits per heavy atom. The van der Waals surface area contributed by atoms with Crippen molar-refractivity contribution in [1.82, 2.24) is 0 Å². The highest BCUT2D eigenvalue weighted by Gasteiger charge is 2.52. The van der Waals surface area contributed by atoms with Crippen molar-refractivity contribution in [3.63, 3.8) is 0 Å². The largest absolute Gasteiger partial charge is 0.0695 e. The lowest BCUT2D eigenvalue weighted by Crippen LogP contribution is -2.50. The molecule has 0 aromatic heterocycles. The van der Waals surface area contributed by atoms with Gasteiger partial charge in [-0.2, -0.15) is 0 Å². The summed E-state index contributed by atoms with van der Waals surface area (Å²) in [7, 11) is -9.35. The van der Waals surface area contributed by atoms with E-state index in [1.165, 1.54) is 147 Å². The zero-order valence-corrected chi connectivity index (χ0v) is 108. The van der Waals surface area contributed by atoms with Crippen molar-refractivity contribution in [1.29, 1.82) is 0 Å². The maximum absolute atomic E-state index is 2.61. The fraction of sp³-hybridized carbons (Fsp3) is 1.00. The van der Waals surface area contributed by atoms with Crippen LogP contribution in [0.4, 0.5) is 0 Å². The first-order chi connectivity index (χ1) is 53.9. The first-order valence-corrected chi connectivity index (χ1v) is 94.9. The number of hydrogen-bond acceptors (Lipinski definition) is 0. The molecule has 732 valence electrons. The maximum atomic E-state index is 2.61. The van der Waals surface area contributed by atoms with Crippen LogP contribution in [0.25, 0.3) is 0 Å². The smallest absolute Gasteiger partial charge is 0.0479 e. The Morgan fingerprint density at radius 2 is 0.443 bits per heavy atom. The van der Waals surface area contributed by atoms with Crippen molar-refractivity contribution in [3.05, 3.63) is 0 Å². The van der Waals surface area contributed by atoms with Gasteiger partial charge in [-0.05, 0) is 134 Å². The minimum Gasteiger partial charge on any atom is -0.0695 e. The van der Waals surface area contributed by atoms with Crippen LogP contribution in [-0.2, 0) is 0 Å². The molecular formula is C110H244Si12. The SMILES string of the molecule is CC(C)(C)C1(C)CCC[Si](C)(C)C1.CC(C)(C)C1(C)CC[Si](C)(C)CC1.CC1(C)CCC[Si](C)(C)C1.CC1(C)CC[Si](C)(C)CC1.CCC1(C(C)(C)C)CCC[Si](C)(C)C1.CCC1(C(C)(C)C)CC[Si](C)(C)CC1.CCC1(C)CCC[Si](C)(C)C1.CCC1(C)CC[Si](C)(C)CC1.CCC1(C)C[Si](C)(C)C[Si](C)(C)C1.CCC1(C)C[Si](C)(C)C[Si](C)(C)C1. The Balaban J connectivity index is 0.000000679. The highest BCUT2D eigenvalue weighted by Crippen LogP contribution is 2.59. The maximum Gasteiger partial charge on any atom is 0.0479 e. The monoisotopic (exact) mass is 1900 g/mol. The van der Waals surface area contributed by atoms with E-state index < -0.39 is 96.9 Å². The predicted octanol–water partition coefficient (Wildman–Crippen LogP) is 42.5. The summed E-state index contributed by atoms with van der Waals surface area (Å²) in [6.45, 7) is 130. The summed E-state index contributed by atoms with van der Waals surface area (Å²) in [5.41, 5.74) is 12.0. The van der Waals surface area contributed by atoms with Gasteiger partial charge in [-0.25, -0.2) is 0 Å². The highest BCUT2D eigenvalue weighted by molar-refractivity contribution is 6.97. The lowest BCUT2D eigenvalue weighted by Gasteiger charge is -2.52. The average Bonchev–Trinajstić information content (AvgIpc) is 0.787. The summed E-state index contributed by atoms with van der Waals surface area (Å²) < 4.78 is 0. The Morgan fingerprint density at radius 3 is 0.672 bits per heavy atom. The lowest BCUT2D eigenvalue weighted by molar-refractivity contribution is 0.0631. The van der Waals surface area contributed by atoms with Crippen LogP contribution in [-0.4, -0.2) is 96.9 Å². The summed E-state index contributed by atoms with van der Waals surface area (Å²) in [4.78, 5) is 0. The van der Waals surface area contributed by atoms with Crippen molar-refractivity contribution in [2.75, 3.05) is 0 Å². The molecule has 0 nitrogen and oxygen atoms in total. The second-order valence-corrected chi connectivity index (χ2v) is 127. The van der Waals surface area contributed by atoms with Gasteiger partial charge < -0.3 is 0 Å². The first-order valence-electron chi connectivity index (χ1n) is 53.9. The molecule has 10 fully saturated rings. The third-order valence-corrected chi connectivity index (χ3v) is 87.4. The molecule has 10 aliphatic rings. The molecule has 10 saturated heterocycles. The second-order valence-electron chi connectivity index (χ2n) is 63.5.